The van der Waals surface area contributed by atoms with E-state index >= 15 is 0 Å². The maximum atomic E-state index is 13.7. The van der Waals surface area contributed by atoms with Gasteiger partial charge in [-0.2, -0.15) is 0 Å². The number of methoxy groups -OCH3 is 2. The van der Waals surface area contributed by atoms with Crippen molar-refractivity contribution in [1.82, 2.24) is 20.9 Å². The highest BCUT2D eigenvalue weighted by Crippen LogP contribution is 2.28. The summed E-state index contributed by atoms with van der Waals surface area (Å²) in [5.74, 6) is 0.224. The fourth-order valence-corrected chi connectivity index (χ4v) is 5.09. The number of para-hydroxylation sites is 1. The predicted molar refractivity (Wildman–Crippen MR) is 171 cm³/mol. The normalized spacial score (nSPS) is 19.7. The molecule has 1 aliphatic heterocycles. The average molecular weight is 625 g/mol. The number of rotatable bonds is 9. The Morgan fingerprint density at radius 3 is 2.36 bits per heavy atom. The summed E-state index contributed by atoms with van der Waals surface area (Å²) in [6.45, 7) is 8.38. The molecule has 11 nitrogen and oxygen atoms in total. The summed E-state index contributed by atoms with van der Waals surface area (Å²) in [5, 5.41) is 8.74. The molecule has 3 rings (SSSR count). The number of amides is 4. The van der Waals surface area contributed by atoms with E-state index in [9.17, 15) is 19.2 Å². The van der Waals surface area contributed by atoms with E-state index in [-0.39, 0.29) is 60.6 Å². The van der Waals surface area contributed by atoms with Gasteiger partial charge in [-0.3, -0.25) is 19.2 Å². The molecule has 0 fully saturated rings. The van der Waals surface area contributed by atoms with E-state index in [0.29, 0.717) is 36.6 Å². The summed E-state index contributed by atoms with van der Waals surface area (Å²) < 4.78 is 16.8. The van der Waals surface area contributed by atoms with Crippen LogP contribution in [-0.2, 0) is 20.8 Å². The zero-order valence-electron chi connectivity index (χ0n) is 27.5. The van der Waals surface area contributed by atoms with Crippen LogP contribution in [0.2, 0.25) is 0 Å². The Bertz CT molecular complexity index is 1330. The number of hydrogen-bond donors (Lipinski definition) is 3. The Hall–Kier alpha value is -4.28. The van der Waals surface area contributed by atoms with Gasteiger partial charge < -0.3 is 35.1 Å². The van der Waals surface area contributed by atoms with Crippen LogP contribution in [0.3, 0.4) is 0 Å². The second-order valence-corrected chi connectivity index (χ2v) is 12.2. The quantitative estimate of drug-likeness (QED) is 0.390. The highest BCUT2D eigenvalue weighted by atomic mass is 16.5. The molecule has 4 amide bonds. The molecule has 2 aromatic carbocycles. The van der Waals surface area contributed by atoms with Crippen molar-refractivity contribution in [3.63, 3.8) is 0 Å². The first-order chi connectivity index (χ1) is 21.4. The molecule has 246 valence electrons. The molecule has 0 spiro atoms. The van der Waals surface area contributed by atoms with E-state index in [1.807, 2.05) is 45.9 Å². The molecular formula is C34H48N4O7. The minimum Gasteiger partial charge on any atom is -0.493 e. The van der Waals surface area contributed by atoms with Gasteiger partial charge in [0.2, 0.25) is 17.7 Å². The summed E-state index contributed by atoms with van der Waals surface area (Å²) in [6.07, 6.45) is 0.964. The minimum absolute atomic E-state index is 0.0255. The summed E-state index contributed by atoms with van der Waals surface area (Å²) in [4.78, 5) is 55.3. The van der Waals surface area contributed by atoms with Gasteiger partial charge in [-0.15, -0.1) is 0 Å². The van der Waals surface area contributed by atoms with E-state index in [4.69, 9.17) is 14.2 Å². The summed E-state index contributed by atoms with van der Waals surface area (Å²) in [6, 6.07) is 10.3. The van der Waals surface area contributed by atoms with Crippen molar-refractivity contribution in [3.05, 3.63) is 53.6 Å². The molecule has 0 aliphatic carbocycles. The molecule has 0 radical (unpaired) electrons. The second-order valence-electron chi connectivity index (χ2n) is 12.2. The van der Waals surface area contributed by atoms with Gasteiger partial charge >= 0.3 is 0 Å². The third-order valence-electron chi connectivity index (χ3n) is 7.86. The molecule has 0 saturated heterocycles. The van der Waals surface area contributed by atoms with Crippen molar-refractivity contribution in [2.24, 2.45) is 11.8 Å². The molecule has 45 heavy (non-hydrogen) atoms. The molecule has 3 atom stereocenters. The first-order valence-corrected chi connectivity index (χ1v) is 15.5. The Morgan fingerprint density at radius 2 is 1.69 bits per heavy atom. The third-order valence-corrected chi connectivity index (χ3v) is 7.86. The topological polar surface area (TPSA) is 135 Å². The van der Waals surface area contributed by atoms with E-state index < -0.39 is 18.0 Å². The number of nitrogens with one attached hydrogen (secondary N) is 3. The van der Waals surface area contributed by atoms with Crippen molar-refractivity contribution >= 4 is 23.6 Å². The highest BCUT2D eigenvalue weighted by molar-refractivity contribution is 5.99. The fourth-order valence-electron chi connectivity index (χ4n) is 5.09. The maximum absolute atomic E-state index is 13.7. The predicted octanol–water partition coefficient (Wildman–Crippen LogP) is 3.35. The van der Waals surface area contributed by atoms with E-state index in [2.05, 4.69) is 16.0 Å². The first-order valence-electron chi connectivity index (χ1n) is 15.5. The van der Waals surface area contributed by atoms with Crippen LogP contribution in [0.4, 0.5) is 0 Å². The van der Waals surface area contributed by atoms with Crippen LogP contribution in [0.1, 0.15) is 62.9 Å². The van der Waals surface area contributed by atoms with Crippen LogP contribution in [0.15, 0.2) is 42.5 Å². The Balaban J connectivity index is 1.86. The molecule has 0 unspecified atom stereocenters. The number of hydrogen-bond acceptors (Lipinski definition) is 7. The summed E-state index contributed by atoms with van der Waals surface area (Å²) >= 11 is 0. The van der Waals surface area contributed by atoms with Gasteiger partial charge in [0, 0.05) is 20.0 Å². The van der Waals surface area contributed by atoms with E-state index in [1.165, 1.54) is 0 Å². The number of fused-ring (bicyclic) bond motifs is 1. The molecule has 0 bridgehead atoms. The van der Waals surface area contributed by atoms with Crippen LogP contribution in [0.25, 0.3) is 0 Å². The number of ether oxygens (including phenoxy) is 3. The molecule has 11 heteroatoms. The van der Waals surface area contributed by atoms with E-state index in [1.54, 1.807) is 50.4 Å². The van der Waals surface area contributed by atoms with Gasteiger partial charge in [0.15, 0.2) is 11.5 Å². The number of likely N-dealkylation sites (N-methyl/N-ethyl adjacent to an activating group) is 1. The number of carbonyl (C=O) groups excluding carboxylic acids is 4. The lowest BCUT2D eigenvalue weighted by molar-refractivity contribution is -0.133. The summed E-state index contributed by atoms with van der Waals surface area (Å²) in [5.41, 5.74) is 1.20. The van der Waals surface area contributed by atoms with Crippen molar-refractivity contribution in [3.8, 4) is 17.2 Å². The van der Waals surface area contributed by atoms with Crippen molar-refractivity contribution in [1.29, 1.82) is 0 Å². The zero-order chi connectivity index (χ0) is 33.1. The lowest BCUT2D eigenvalue weighted by atomic mass is 10.0. The smallest absolute Gasteiger partial charge is 0.255 e. The lowest BCUT2D eigenvalue weighted by Gasteiger charge is -2.27. The molecular weight excluding hydrogens is 576 g/mol. The van der Waals surface area contributed by atoms with E-state index in [0.717, 1.165) is 5.56 Å². The van der Waals surface area contributed by atoms with Crippen molar-refractivity contribution < 1.29 is 33.4 Å². The molecule has 0 saturated carbocycles. The standard InChI is InChI=1S/C34H48N4O7/c1-21(2)18-26-33(41)37-27(22(3)4)20-45-28-11-9-8-10-24(28)32(40)36-25(13-15-31(39)35-26)34(42)38(5)17-16-23-12-14-29(43-6)30(19-23)44-7/h8-12,14,19,21-22,25-27H,13,15-18,20H2,1-7H3,(H,35,39)(H,36,40)(H,37,41)/t25-,26-,27-/m0/s1. The van der Waals surface area contributed by atoms with Crippen LogP contribution < -0.4 is 30.2 Å². The van der Waals surface area contributed by atoms with Crippen LogP contribution in [0.5, 0.6) is 17.2 Å². The number of nitrogens with zero attached hydrogens (tertiary/aromatic N) is 1. The van der Waals surface area contributed by atoms with Gasteiger partial charge in [-0.25, -0.2) is 0 Å². The molecule has 1 heterocycles. The third kappa shape index (κ3) is 10.1. The first kappa shape index (κ1) is 35.2. The van der Waals surface area contributed by atoms with Gasteiger partial charge in [0.1, 0.15) is 24.4 Å². The van der Waals surface area contributed by atoms with Crippen LogP contribution in [-0.4, -0.2) is 81.1 Å². The summed E-state index contributed by atoms with van der Waals surface area (Å²) in [7, 11) is 4.80. The largest absolute Gasteiger partial charge is 0.493 e. The van der Waals surface area contributed by atoms with Gasteiger partial charge in [-0.1, -0.05) is 45.9 Å². The molecule has 0 aromatic heterocycles. The van der Waals surface area contributed by atoms with Crippen LogP contribution in [0, 0.1) is 11.8 Å². The molecule has 3 N–H and O–H groups in total. The Kier molecular flexibility index (Phi) is 13.1. The zero-order valence-corrected chi connectivity index (χ0v) is 27.5. The van der Waals surface area contributed by atoms with Gasteiger partial charge in [0.25, 0.3) is 5.91 Å². The number of benzene rings is 2. The monoisotopic (exact) mass is 624 g/mol. The fraction of sp³-hybridized carbons (Fsp3) is 0.529. The maximum Gasteiger partial charge on any atom is 0.255 e. The van der Waals surface area contributed by atoms with Crippen molar-refractivity contribution in [2.75, 3.05) is 34.4 Å². The SMILES string of the molecule is COc1ccc(CCN(C)C(=O)[C@@H]2CCC(=O)N[C@@H](CC(C)C)C(=O)N[C@H](C(C)C)COc3ccccc3C(=O)N2)cc1OC. The Labute approximate surface area is 266 Å². The van der Waals surface area contributed by atoms with Gasteiger partial charge in [-0.05, 0) is 60.9 Å². The van der Waals surface area contributed by atoms with Gasteiger partial charge in [0.05, 0.1) is 25.8 Å². The Morgan fingerprint density at radius 1 is 0.978 bits per heavy atom. The number of carbonyl (C=O) groups is 4. The van der Waals surface area contributed by atoms with Crippen molar-refractivity contribution in [2.45, 2.75) is 71.5 Å². The molecule has 1 aliphatic rings. The minimum atomic E-state index is -0.988. The second kappa shape index (κ2) is 16.7. The average Bonchev–Trinajstić information content (AvgIpc) is 3.02. The lowest BCUT2D eigenvalue weighted by Crippen LogP contribution is -2.53. The van der Waals surface area contributed by atoms with Crippen LogP contribution >= 0.6 is 0 Å². The molecule has 2 aromatic rings. The highest BCUT2D eigenvalue weighted by Gasteiger charge is 2.30.